The van der Waals surface area contributed by atoms with Gasteiger partial charge in [0.05, 0.1) is 18.7 Å². The van der Waals surface area contributed by atoms with Gasteiger partial charge >= 0.3 is 5.97 Å². The number of aromatic nitrogens is 4. The third-order valence-corrected chi connectivity index (χ3v) is 3.90. The average molecular weight is 324 g/mol. The number of halogens is 1. The molecule has 1 aromatic carbocycles. The lowest BCUT2D eigenvalue weighted by Gasteiger charge is -2.05. The van der Waals surface area contributed by atoms with E-state index in [1.165, 1.54) is 23.6 Å². The number of ether oxygens (including phenoxy) is 1. The third-order valence-electron chi connectivity index (χ3n) is 2.54. The summed E-state index contributed by atoms with van der Waals surface area (Å²) in [5.74, 6) is 0.0899. The van der Waals surface area contributed by atoms with Gasteiger partial charge in [0.1, 0.15) is 6.54 Å². The molecule has 0 bridgehead atoms. The van der Waals surface area contributed by atoms with Crippen LogP contribution in [0.4, 0.5) is 0 Å². The highest BCUT2D eigenvalue weighted by Crippen LogP contribution is 2.25. The van der Waals surface area contributed by atoms with Gasteiger partial charge in [-0.1, -0.05) is 29.4 Å². The lowest BCUT2D eigenvalue weighted by Crippen LogP contribution is -2.13. The smallest absolute Gasteiger partial charge is 0.327 e. The Balaban J connectivity index is 2.05. The van der Waals surface area contributed by atoms with E-state index in [2.05, 4.69) is 20.3 Å². The summed E-state index contributed by atoms with van der Waals surface area (Å²) in [6.07, 6.45) is 0. The van der Waals surface area contributed by atoms with Crippen molar-refractivity contribution < 1.29 is 9.53 Å². The first kappa shape index (κ1) is 15.3. The molecule has 9 heteroatoms. The Kier molecular flexibility index (Phi) is 5.14. The molecule has 2 aromatic rings. The minimum absolute atomic E-state index is 0.0487. The first-order valence-electron chi connectivity index (χ1n) is 5.78. The summed E-state index contributed by atoms with van der Waals surface area (Å²) in [5, 5.41) is 20.9. The van der Waals surface area contributed by atoms with Crippen LogP contribution in [0.15, 0.2) is 23.4 Å². The van der Waals surface area contributed by atoms with E-state index >= 15 is 0 Å². The maximum atomic E-state index is 11.2. The summed E-state index contributed by atoms with van der Waals surface area (Å²) in [6.45, 7) is -0.0487. The van der Waals surface area contributed by atoms with E-state index in [-0.39, 0.29) is 6.54 Å². The number of rotatable bonds is 5. The first-order chi connectivity index (χ1) is 10.1. The summed E-state index contributed by atoms with van der Waals surface area (Å²) in [7, 11) is 1.30. The molecule has 0 saturated carbocycles. The van der Waals surface area contributed by atoms with Crippen molar-refractivity contribution in [3.8, 4) is 6.07 Å². The van der Waals surface area contributed by atoms with Crippen molar-refractivity contribution in [1.82, 2.24) is 20.2 Å². The van der Waals surface area contributed by atoms with Crippen molar-refractivity contribution in [1.29, 1.82) is 5.26 Å². The van der Waals surface area contributed by atoms with Gasteiger partial charge < -0.3 is 4.74 Å². The lowest BCUT2D eigenvalue weighted by atomic mass is 10.2. The van der Waals surface area contributed by atoms with Crippen LogP contribution >= 0.6 is 23.4 Å². The van der Waals surface area contributed by atoms with Crippen LogP contribution in [0.3, 0.4) is 0 Å². The zero-order valence-corrected chi connectivity index (χ0v) is 12.6. The van der Waals surface area contributed by atoms with Gasteiger partial charge in [-0.15, -0.1) is 5.10 Å². The van der Waals surface area contributed by atoms with Crippen LogP contribution in [0.1, 0.15) is 11.1 Å². The van der Waals surface area contributed by atoms with Crippen LogP contribution < -0.4 is 0 Å². The Morgan fingerprint density at radius 3 is 3.05 bits per heavy atom. The molecule has 0 aliphatic rings. The number of carbonyl (C=O) groups is 1. The molecule has 0 unspecified atom stereocenters. The van der Waals surface area contributed by atoms with E-state index in [4.69, 9.17) is 16.9 Å². The van der Waals surface area contributed by atoms with Gasteiger partial charge in [0.15, 0.2) is 0 Å². The Morgan fingerprint density at radius 2 is 2.38 bits per heavy atom. The van der Waals surface area contributed by atoms with Crippen molar-refractivity contribution in [2.45, 2.75) is 17.5 Å². The second-order valence-electron chi connectivity index (χ2n) is 3.90. The highest BCUT2D eigenvalue weighted by molar-refractivity contribution is 7.98. The molecule has 0 saturated heterocycles. The number of nitriles is 1. The normalized spacial score (nSPS) is 10.1. The molecule has 0 radical (unpaired) electrons. The topological polar surface area (TPSA) is 93.7 Å². The molecule has 0 fully saturated rings. The summed E-state index contributed by atoms with van der Waals surface area (Å²) in [6, 6.07) is 7.10. The number of tetrazole rings is 1. The number of carbonyl (C=O) groups excluding carboxylic acids is 1. The Morgan fingerprint density at radius 1 is 1.57 bits per heavy atom. The molecule has 0 N–H and O–H groups in total. The van der Waals surface area contributed by atoms with E-state index in [0.717, 1.165) is 5.56 Å². The van der Waals surface area contributed by atoms with E-state index in [1.807, 2.05) is 6.07 Å². The van der Waals surface area contributed by atoms with Crippen LogP contribution in [0.5, 0.6) is 0 Å². The minimum Gasteiger partial charge on any atom is -0.468 e. The first-order valence-corrected chi connectivity index (χ1v) is 7.14. The number of thioether (sulfide) groups is 1. The zero-order valence-electron chi connectivity index (χ0n) is 11.0. The maximum absolute atomic E-state index is 11.2. The molecule has 0 atom stereocenters. The monoisotopic (exact) mass is 323 g/mol. The number of esters is 1. The number of hydrogen-bond donors (Lipinski definition) is 0. The number of methoxy groups -OCH3 is 1. The second kappa shape index (κ2) is 7.06. The summed E-state index contributed by atoms with van der Waals surface area (Å²) in [4.78, 5) is 11.2. The molecule has 0 aliphatic carbocycles. The Labute approximate surface area is 129 Å². The maximum Gasteiger partial charge on any atom is 0.327 e. The average Bonchev–Trinajstić information content (AvgIpc) is 2.92. The molecular formula is C12H10ClN5O2S. The molecule has 1 aromatic heterocycles. The highest BCUT2D eigenvalue weighted by Gasteiger charge is 2.12. The van der Waals surface area contributed by atoms with Crippen molar-refractivity contribution in [3.63, 3.8) is 0 Å². The molecule has 108 valence electrons. The van der Waals surface area contributed by atoms with E-state index in [1.54, 1.807) is 18.2 Å². The number of benzene rings is 1. The van der Waals surface area contributed by atoms with Gasteiger partial charge in [-0.25, -0.2) is 4.68 Å². The molecule has 0 spiro atoms. The number of hydrogen-bond acceptors (Lipinski definition) is 7. The predicted molar refractivity (Wildman–Crippen MR) is 75.6 cm³/mol. The van der Waals surface area contributed by atoms with Gasteiger partial charge in [0.25, 0.3) is 0 Å². The third kappa shape index (κ3) is 3.93. The van der Waals surface area contributed by atoms with Crippen LogP contribution in [0, 0.1) is 11.3 Å². The Hall–Kier alpha value is -2.11. The largest absolute Gasteiger partial charge is 0.468 e. The van der Waals surface area contributed by atoms with Crippen molar-refractivity contribution in [2.75, 3.05) is 7.11 Å². The molecular weight excluding hydrogens is 314 g/mol. The standard InChI is InChI=1S/C12H10ClN5O2S/c1-20-11(19)6-18-12(15-16-17-18)21-7-9-3-2-8(5-14)4-10(9)13/h2-4H,6-7H2,1H3. The second-order valence-corrected chi connectivity index (χ2v) is 5.25. The van der Waals surface area contributed by atoms with Gasteiger partial charge in [-0.2, -0.15) is 5.26 Å². The van der Waals surface area contributed by atoms with Gasteiger partial charge in [0, 0.05) is 10.8 Å². The molecule has 7 nitrogen and oxygen atoms in total. The quantitative estimate of drug-likeness (QED) is 0.610. The van der Waals surface area contributed by atoms with E-state index < -0.39 is 5.97 Å². The van der Waals surface area contributed by atoms with Crippen LogP contribution in [-0.2, 0) is 21.8 Å². The van der Waals surface area contributed by atoms with Crippen molar-refractivity contribution in [3.05, 3.63) is 34.3 Å². The minimum atomic E-state index is -0.430. The van der Waals surface area contributed by atoms with E-state index in [9.17, 15) is 4.79 Å². The fourth-order valence-corrected chi connectivity index (χ4v) is 2.67. The zero-order chi connectivity index (χ0) is 15.2. The molecule has 21 heavy (non-hydrogen) atoms. The van der Waals surface area contributed by atoms with Gasteiger partial charge in [-0.3, -0.25) is 4.79 Å². The predicted octanol–water partition coefficient (Wildman–Crippen LogP) is 1.66. The number of nitrogens with zero attached hydrogens (tertiary/aromatic N) is 5. The fourth-order valence-electron chi connectivity index (χ4n) is 1.46. The van der Waals surface area contributed by atoms with Gasteiger partial charge in [-0.05, 0) is 28.1 Å². The molecule has 0 aliphatic heterocycles. The Bertz CT molecular complexity index is 697. The molecule has 2 rings (SSSR count). The molecule has 0 amide bonds. The van der Waals surface area contributed by atoms with Crippen molar-refractivity contribution >= 4 is 29.3 Å². The van der Waals surface area contributed by atoms with Crippen molar-refractivity contribution in [2.24, 2.45) is 0 Å². The van der Waals surface area contributed by atoms with Crippen LogP contribution in [0.25, 0.3) is 0 Å². The molecule has 1 heterocycles. The van der Waals surface area contributed by atoms with Gasteiger partial charge in [0.2, 0.25) is 5.16 Å². The highest BCUT2D eigenvalue weighted by atomic mass is 35.5. The summed E-state index contributed by atoms with van der Waals surface area (Å²) in [5.41, 5.74) is 1.36. The van der Waals surface area contributed by atoms with Crippen LogP contribution in [0.2, 0.25) is 5.02 Å². The summed E-state index contributed by atoms with van der Waals surface area (Å²) < 4.78 is 5.92. The fraction of sp³-hybridized carbons (Fsp3) is 0.250. The lowest BCUT2D eigenvalue weighted by molar-refractivity contribution is -0.141. The van der Waals surface area contributed by atoms with Crippen LogP contribution in [-0.4, -0.2) is 33.3 Å². The SMILES string of the molecule is COC(=O)Cn1nnnc1SCc1ccc(C#N)cc1Cl. The van der Waals surface area contributed by atoms with E-state index in [0.29, 0.717) is 21.5 Å². The summed E-state index contributed by atoms with van der Waals surface area (Å²) >= 11 is 7.44.